The van der Waals surface area contributed by atoms with Crippen LogP contribution < -0.4 is 0 Å². The Morgan fingerprint density at radius 2 is 2.23 bits per heavy atom. The second-order valence-electron chi connectivity index (χ2n) is 3.97. The van der Waals surface area contributed by atoms with Crippen molar-refractivity contribution < 1.29 is 5.11 Å². The monoisotopic (exact) mass is 194 g/mol. The third kappa shape index (κ3) is 1.55. The van der Waals surface area contributed by atoms with Gasteiger partial charge in [0.25, 0.3) is 0 Å². The van der Waals surface area contributed by atoms with E-state index >= 15 is 0 Å². The van der Waals surface area contributed by atoms with E-state index in [-0.39, 0.29) is 4.75 Å². The van der Waals surface area contributed by atoms with Crippen LogP contribution in [0.4, 0.5) is 0 Å². The highest BCUT2D eigenvalue weighted by molar-refractivity contribution is 7.81. The highest BCUT2D eigenvalue weighted by atomic mass is 32.1. The van der Waals surface area contributed by atoms with Crippen LogP contribution >= 0.6 is 12.6 Å². The molecular formula is C11H14OS. The van der Waals surface area contributed by atoms with E-state index < -0.39 is 0 Å². The predicted molar refractivity (Wildman–Crippen MR) is 57.4 cm³/mol. The first-order chi connectivity index (χ1) is 6.09. The summed E-state index contributed by atoms with van der Waals surface area (Å²) in [4.78, 5) is 0. The fourth-order valence-electron chi connectivity index (χ4n) is 2.04. The molecule has 0 heterocycles. The van der Waals surface area contributed by atoms with Crippen molar-refractivity contribution in [2.75, 3.05) is 0 Å². The lowest BCUT2D eigenvalue weighted by Gasteiger charge is -2.31. The van der Waals surface area contributed by atoms with Gasteiger partial charge in [0.05, 0.1) is 0 Å². The van der Waals surface area contributed by atoms with Crippen molar-refractivity contribution in [2.45, 2.75) is 30.9 Å². The fraction of sp³-hybridized carbons (Fsp3) is 0.455. The average molecular weight is 194 g/mol. The molecular weight excluding hydrogens is 180 g/mol. The lowest BCUT2D eigenvalue weighted by molar-refractivity contribution is 0.469. The van der Waals surface area contributed by atoms with Crippen molar-refractivity contribution in [3.8, 4) is 5.75 Å². The van der Waals surface area contributed by atoms with Gasteiger partial charge in [-0.15, -0.1) is 0 Å². The van der Waals surface area contributed by atoms with E-state index in [1.807, 2.05) is 12.1 Å². The molecule has 1 aliphatic carbocycles. The molecule has 70 valence electrons. The molecule has 0 radical (unpaired) electrons. The molecule has 0 saturated heterocycles. The van der Waals surface area contributed by atoms with E-state index in [1.54, 1.807) is 6.07 Å². The Morgan fingerprint density at radius 3 is 3.00 bits per heavy atom. The molecule has 13 heavy (non-hydrogen) atoms. The minimum Gasteiger partial charge on any atom is -0.508 e. The Bertz CT molecular complexity index is 331. The largest absolute Gasteiger partial charge is 0.508 e. The molecule has 1 unspecified atom stereocenters. The third-order valence-corrected chi connectivity index (χ3v) is 3.25. The maximum Gasteiger partial charge on any atom is 0.115 e. The smallest absolute Gasteiger partial charge is 0.115 e. The molecule has 1 aliphatic rings. The Hall–Kier alpha value is -0.630. The predicted octanol–water partition coefficient (Wildman–Crippen LogP) is 2.87. The minimum absolute atomic E-state index is 0.0632. The second kappa shape index (κ2) is 2.95. The molecule has 0 aliphatic heterocycles. The molecule has 1 N–H and O–H groups in total. The van der Waals surface area contributed by atoms with Gasteiger partial charge >= 0.3 is 0 Å². The molecule has 1 aromatic carbocycles. The van der Waals surface area contributed by atoms with E-state index in [4.69, 9.17) is 0 Å². The quantitative estimate of drug-likeness (QED) is 0.608. The van der Waals surface area contributed by atoms with Crippen molar-refractivity contribution >= 4 is 12.6 Å². The summed E-state index contributed by atoms with van der Waals surface area (Å²) >= 11 is 4.63. The number of phenols is 1. The fourth-order valence-corrected chi connectivity index (χ4v) is 2.41. The van der Waals surface area contributed by atoms with Gasteiger partial charge in [0.15, 0.2) is 0 Å². The molecule has 2 heteroatoms. The van der Waals surface area contributed by atoms with Crippen LogP contribution in [0.1, 0.15) is 30.9 Å². The van der Waals surface area contributed by atoms with Crippen molar-refractivity contribution in [1.82, 2.24) is 0 Å². The van der Waals surface area contributed by atoms with E-state index in [1.165, 1.54) is 17.5 Å². The number of phenolic OH excluding ortho intramolecular Hbond substituents is 1. The van der Waals surface area contributed by atoms with Crippen LogP contribution in [0.15, 0.2) is 18.2 Å². The van der Waals surface area contributed by atoms with Crippen LogP contribution in [0.5, 0.6) is 5.75 Å². The molecule has 0 saturated carbocycles. The minimum atomic E-state index is -0.0632. The highest BCUT2D eigenvalue weighted by Gasteiger charge is 2.28. The molecule has 1 atom stereocenters. The van der Waals surface area contributed by atoms with Gasteiger partial charge in [-0.05, 0) is 49.4 Å². The summed E-state index contributed by atoms with van der Waals surface area (Å²) in [6, 6.07) is 5.62. The number of rotatable bonds is 0. The summed E-state index contributed by atoms with van der Waals surface area (Å²) in [7, 11) is 0. The Balaban J connectivity index is 2.55. The van der Waals surface area contributed by atoms with Gasteiger partial charge in [-0.3, -0.25) is 0 Å². The lowest BCUT2D eigenvalue weighted by Crippen LogP contribution is -2.20. The molecule has 0 spiro atoms. The summed E-state index contributed by atoms with van der Waals surface area (Å²) in [6.45, 7) is 2.12. The van der Waals surface area contributed by atoms with Crippen molar-refractivity contribution in [3.63, 3.8) is 0 Å². The molecule has 0 amide bonds. The maximum absolute atomic E-state index is 9.39. The van der Waals surface area contributed by atoms with E-state index in [2.05, 4.69) is 19.6 Å². The topological polar surface area (TPSA) is 20.2 Å². The zero-order valence-electron chi connectivity index (χ0n) is 7.75. The summed E-state index contributed by atoms with van der Waals surface area (Å²) in [6.07, 6.45) is 3.40. The number of benzene rings is 1. The Labute approximate surface area is 84.2 Å². The number of aromatic hydroxyl groups is 1. The van der Waals surface area contributed by atoms with Crippen molar-refractivity contribution in [1.29, 1.82) is 0 Å². The molecule has 0 fully saturated rings. The van der Waals surface area contributed by atoms with Crippen molar-refractivity contribution in [2.24, 2.45) is 0 Å². The van der Waals surface area contributed by atoms with Crippen LogP contribution in [0.3, 0.4) is 0 Å². The first-order valence-electron chi connectivity index (χ1n) is 4.64. The van der Waals surface area contributed by atoms with Gasteiger partial charge in [0, 0.05) is 4.75 Å². The van der Waals surface area contributed by atoms with Gasteiger partial charge in [0.1, 0.15) is 5.75 Å². The number of hydrogen-bond acceptors (Lipinski definition) is 2. The van der Waals surface area contributed by atoms with E-state index in [9.17, 15) is 5.11 Å². The van der Waals surface area contributed by atoms with Crippen LogP contribution in [0.25, 0.3) is 0 Å². The number of aryl methyl sites for hydroxylation is 1. The lowest BCUT2D eigenvalue weighted by atomic mass is 9.83. The van der Waals surface area contributed by atoms with Crippen LogP contribution in [0, 0.1) is 0 Å². The van der Waals surface area contributed by atoms with Gasteiger partial charge in [-0.25, -0.2) is 0 Å². The molecule has 0 bridgehead atoms. The van der Waals surface area contributed by atoms with Gasteiger partial charge in [0.2, 0.25) is 0 Å². The number of fused-ring (bicyclic) bond motifs is 1. The van der Waals surface area contributed by atoms with Crippen LogP contribution in [-0.2, 0) is 11.2 Å². The number of thiol groups is 1. The van der Waals surface area contributed by atoms with Gasteiger partial charge in [-0.1, -0.05) is 6.07 Å². The van der Waals surface area contributed by atoms with Crippen molar-refractivity contribution in [3.05, 3.63) is 29.3 Å². The first-order valence-corrected chi connectivity index (χ1v) is 5.09. The third-order valence-electron chi connectivity index (χ3n) is 2.78. The highest BCUT2D eigenvalue weighted by Crippen LogP contribution is 2.41. The van der Waals surface area contributed by atoms with Crippen LogP contribution in [0.2, 0.25) is 0 Å². The summed E-state index contributed by atoms with van der Waals surface area (Å²) < 4.78 is -0.0632. The summed E-state index contributed by atoms with van der Waals surface area (Å²) in [5.74, 6) is 0.348. The Kier molecular flexibility index (Phi) is 2.03. The molecule has 1 aromatic rings. The van der Waals surface area contributed by atoms with E-state index in [0.717, 1.165) is 12.8 Å². The standard InChI is InChI=1S/C11H14OS/c1-11(13)6-2-3-8-4-5-9(12)7-10(8)11/h4-5,7,12-13H,2-3,6H2,1H3. The molecule has 2 rings (SSSR count). The summed E-state index contributed by atoms with van der Waals surface area (Å²) in [5.41, 5.74) is 2.53. The second-order valence-corrected chi connectivity index (χ2v) is 4.96. The normalized spacial score (nSPS) is 26.9. The first kappa shape index (κ1) is 8.95. The zero-order valence-corrected chi connectivity index (χ0v) is 8.64. The SMILES string of the molecule is CC1(S)CCCc2ccc(O)cc21. The Morgan fingerprint density at radius 1 is 1.46 bits per heavy atom. The van der Waals surface area contributed by atoms with Gasteiger partial charge < -0.3 is 5.11 Å². The summed E-state index contributed by atoms with van der Waals surface area (Å²) in [5, 5.41) is 9.39. The maximum atomic E-state index is 9.39. The average Bonchev–Trinajstić information content (AvgIpc) is 2.06. The van der Waals surface area contributed by atoms with Crippen LogP contribution in [-0.4, -0.2) is 5.11 Å². The molecule has 1 nitrogen and oxygen atoms in total. The van der Waals surface area contributed by atoms with E-state index in [0.29, 0.717) is 5.75 Å². The zero-order chi connectivity index (χ0) is 9.47. The van der Waals surface area contributed by atoms with Gasteiger partial charge in [-0.2, -0.15) is 12.6 Å². The number of hydrogen-bond donors (Lipinski definition) is 2. The molecule has 0 aromatic heterocycles.